The first kappa shape index (κ1) is 12.1. The van der Waals surface area contributed by atoms with Crippen molar-refractivity contribution in [2.24, 2.45) is 10.7 Å². The molecule has 2 atom stereocenters. The van der Waals surface area contributed by atoms with Crippen LogP contribution in [0.3, 0.4) is 0 Å². The van der Waals surface area contributed by atoms with Gasteiger partial charge in [0.25, 0.3) is 0 Å². The molecule has 1 aromatic rings. The number of nitrogens with one attached hydrogen (secondary N) is 1. The maximum atomic E-state index is 9.17. The summed E-state index contributed by atoms with van der Waals surface area (Å²) in [5.41, 5.74) is 9.11. The van der Waals surface area contributed by atoms with E-state index in [1.165, 1.54) is 6.42 Å². The van der Waals surface area contributed by atoms with E-state index < -0.39 is 0 Å². The van der Waals surface area contributed by atoms with Crippen LogP contribution in [0.2, 0.25) is 0 Å². The van der Waals surface area contributed by atoms with Crippen LogP contribution in [0, 0.1) is 0 Å². The molecule has 0 spiro atoms. The van der Waals surface area contributed by atoms with Crippen molar-refractivity contribution in [1.29, 1.82) is 0 Å². The highest BCUT2D eigenvalue weighted by Crippen LogP contribution is 2.20. The quantitative estimate of drug-likeness (QED) is 0.413. The van der Waals surface area contributed by atoms with Gasteiger partial charge in [-0.25, -0.2) is 0 Å². The molecule has 1 fully saturated rings. The summed E-state index contributed by atoms with van der Waals surface area (Å²) in [6.45, 7) is 0. The summed E-state index contributed by atoms with van der Waals surface area (Å²) < 4.78 is 0. The number of benzene rings is 1. The topological polar surface area (TPSA) is 70.6 Å². The Hall–Kier alpha value is -1.39. The Morgan fingerprint density at radius 1 is 1.24 bits per heavy atom. The average molecular weight is 233 g/mol. The molecule has 0 radical (unpaired) electrons. The van der Waals surface area contributed by atoms with Gasteiger partial charge in [-0.1, -0.05) is 43.2 Å². The zero-order valence-corrected chi connectivity index (χ0v) is 9.84. The summed E-state index contributed by atoms with van der Waals surface area (Å²) in [5, 5.41) is 9.17. The summed E-state index contributed by atoms with van der Waals surface area (Å²) in [7, 11) is 0. The SMILES string of the molecule is N[C@H]1CCCC[C@H]1N=C(NO)c1ccccc1. The van der Waals surface area contributed by atoms with Crippen molar-refractivity contribution in [3.05, 3.63) is 35.9 Å². The van der Waals surface area contributed by atoms with Gasteiger partial charge in [-0.15, -0.1) is 0 Å². The van der Waals surface area contributed by atoms with Gasteiger partial charge in [-0.3, -0.25) is 15.7 Å². The number of hydrogen-bond donors (Lipinski definition) is 3. The van der Waals surface area contributed by atoms with Gasteiger partial charge >= 0.3 is 0 Å². The van der Waals surface area contributed by atoms with Gasteiger partial charge in [-0.05, 0) is 12.8 Å². The van der Waals surface area contributed by atoms with Crippen LogP contribution in [0.4, 0.5) is 0 Å². The molecular formula is C13H19N3O. The Balaban J connectivity index is 2.17. The number of nitrogens with two attached hydrogens (primary N) is 1. The molecule has 17 heavy (non-hydrogen) atoms. The van der Waals surface area contributed by atoms with E-state index in [1.807, 2.05) is 30.3 Å². The first-order chi connectivity index (χ1) is 8.31. The van der Waals surface area contributed by atoms with E-state index in [0.717, 1.165) is 24.8 Å². The van der Waals surface area contributed by atoms with E-state index in [-0.39, 0.29) is 12.1 Å². The monoisotopic (exact) mass is 233 g/mol. The van der Waals surface area contributed by atoms with Gasteiger partial charge in [0.05, 0.1) is 6.04 Å². The Kier molecular flexibility index (Phi) is 4.12. The van der Waals surface area contributed by atoms with E-state index in [9.17, 15) is 5.21 Å². The molecule has 1 saturated carbocycles. The maximum absolute atomic E-state index is 9.17. The maximum Gasteiger partial charge on any atom is 0.152 e. The van der Waals surface area contributed by atoms with Gasteiger partial charge in [-0.2, -0.15) is 0 Å². The van der Waals surface area contributed by atoms with Gasteiger partial charge in [0.2, 0.25) is 0 Å². The van der Waals surface area contributed by atoms with Crippen LogP contribution in [-0.4, -0.2) is 23.1 Å². The molecule has 1 aliphatic carbocycles. The third-order valence-electron chi connectivity index (χ3n) is 3.23. The molecule has 0 unspecified atom stereocenters. The average Bonchev–Trinajstić information content (AvgIpc) is 2.39. The molecule has 4 nitrogen and oxygen atoms in total. The minimum atomic E-state index is 0.107. The van der Waals surface area contributed by atoms with Gasteiger partial charge in [0, 0.05) is 11.6 Å². The number of aliphatic imine (C=N–C) groups is 1. The normalized spacial score (nSPS) is 25.6. The number of amidine groups is 1. The van der Waals surface area contributed by atoms with Crippen LogP contribution in [0.1, 0.15) is 31.2 Å². The van der Waals surface area contributed by atoms with E-state index in [2.05, 4.69) is 10.5 Å². The summed E-state index contributed by atoms with van der Waals surface area (Å²) in [6, 6.07) is 9.82. The summed E-state index contributed by atoms with van der Waals surface area (Å²) in [5.74, 6) is 0.507. The highest BCUT2D eigenvalue weighted by molar-refractivity contribution is 5.98. The number of rotatable bonds is 2. The van der Waals surface area contributed by atoms with E-state index in [4.69, 9.17) is 5.73 Å². The van der Waals surface area contributed by atoms with E-state index in [1.54, 1.807) is 0 Å². The van der Waals surface area contributed by atoms with Crippen molar-refractivity contribution < 1.29 is 5.21 Å². The Morgan fingerprint density at radius 2 is 1.94 bits per heavy atom. The second-order valence-electron chi connectivity index (χ2n) is 4.47. The van der Waals surface area contributed by atoms with Crippen molar-refractivity contribution in [1.82, 2.24) is 5.48 Å². The first-order valence-electron chi connectivity index (χ1n) is 6.10. The van der Waals surface area contributed by atoms with Gasteiger partial charge < -0.3 is 5.73 Å². The molecule has 0 saturated heterocycles. The minimum absolute atomic E-state index is 0.107. The fraction of sp³-hybridized carbons (Fsp3) is 0.462. The molecule has 0 heterocycles. The lowest BCUT2D eigenvalue weighted by Crippen LogP contribution is -2.38. The summed E-state index contributed by atoms with van der Waals surface area (Å²) in [6.07, 6.45) is 4.36. The number of hydrogen-bond acceptors (Lipinski definition) is 3. The molecule has 1 aromatic carbocycles. The lowest BCUT2D eigenvalue weighted by atomic mass is 9.91. The third kappa shape index (κ3) is 3.05. The molecule has 92 valence electrons. The van der Waals surface area contributed by atoms with Crippen LogP contribution in [-0.2, 0) is 0 Å². The summed E-state index contributed by atoms with van der Waals surface area (Å²) >= 11 is 0. The van der Waals surface area contributed by atoms with Crippen molar-refractivity contribution in [3.63, 3.8) is 0 Å². The lowest BCUT2D eigenvalue weighted by molar-refractivity contribution is 0.233. The Bertz CT molecular complexity index is 378. The third-order valence-corrected chi connectivity index (χ3v) is 3.23. The smallest absolute Gasteiger partial charge is 0.152 e. The molecular weight excluding hydrogens is 214 g/mol. The van der Waals surface area contributed by atoms with E-state index >= 15 is 0 Å². The zero-order chi connectivity index (χ0) is 12.1. The molecule has 1 aliphatic rings. The molecule has 4 N–H and O–H groups in total. The largest absolute Gasteiger partial charge is 0.326 e. The molecule has 2 rings (SSSR count). The van der Waals surface area contributed by atoms with Crippen molar-refractivity contribution >= 4 is 5.84 Å². The lowest BCUT2D eigenvalue weighted by Gasteiger charge is -2.25. The zero-order valence-electron chi connectivity index (χ0n) is 9.84. The first-order valence-corrected chi connectivity index (χ1v) is 6.10. The highest BCUT2D eigenvalue weighted by Gasteiger charge is 2.21. The second kappa shape index (κ2) is 5.80. The molecule has 0 aromatic heterocycles. The van der Waals surface area contributed by atoms with Crippen molar-refractivity contribution in [2.75, 3.05) is 0 Å². The Morgan fingerprint density at radius 3 is 2.59 bits per heavy atom. The predicted molar refractivity (Wildman–Crippen MR) is 68.1 cm³/mol. The highest BCUT2D eigenvalue weighted by atomic mass is 16.5. The van der Waals surface area contributed by atoms with Crippen LogP contribution < -0.4 is 11.2 Å². The molecule has 0 bridgehead atoms. The van der Waals surface area contributed by atoms with E-state index in [0.29, 0.717) is 5.84 Å². The van der Waals surface area contributed by atoms with Crippen molar-refractivity contribution in [2.45, 2.75) is 37.8 Å². The second-order valence-corrected chi connectivity index (χ2v) is 4.47. The predicted octanol–water partition coefficient (Wildman–Crippen LogP) is 1.68. The standard InChI is InChI=1S/C13H19N3O/c14-11-8-4-5-9-12(11)15-13(16-17)10-6-2-1-3-7-10/h1-3,6-7,11-12,17H,4-5,8-9,14H2,(H,15,16)/t11-,12+/m0/s1. The molecule has 4 heteroatoms. The molecule has 0 amide bonds. The Labute approximate surface area is 102 Å². The van der Waals surface area contributed by atoms with Gasteiger partial charge in [0.15, 0.2) is 5.84 Å². The van der Waals surface area contributed by atoms with Crippen LogP contribution in [0.25, 0.3) is 0 Å². The van der Waals surface area contributed by atoms with Crippen LogP contribution in [0.5, 0.6) is 0 Å². The molecule has 0 aliphatic heterocycles. The fourth-order valence-electron chi connectivity index (χ4n) is 2.23. The van der Waals surface area contributed by atoms with Crippen molar-refractivity contribution in [3.8, 4) is 0 Å². The van der Waals surface area contributed by atoms with Crippen LogP contribution in [0.15, 0.2) is 35.3 Å². The van der Waals surface area contributed by atoms with Crippen LogP contribution >= 0.6 is 0 Å². The minimum Gasteiger partial charge on any atom is -0.326 e. The fourth-order valence-corrected chi connectivity index (χ4v) is 2.23. The number of nitrogens with zero attached hydrogens (tertiary/aromatic N) is 1. The number of hydroxylamine groups is 1. The van der Waals surface area contributed by atoms with Gasteiger partial charge in [0.1, 0.15) is 0 Å². The summed E-state index contributed by atoms with van der Waals surface area (Å²) in [4.78, 5) is 4.54.